The van der Waals surface area contributed by atoms with Crippen LogP contribution in [-0.2, 0) is 12.7 Å². The third-order valence-corrected chi connectivity index (χ3v) is 3.65. The lowest BCUT2D eigenvalue weighted by atomic mass is 10.2. The second kappa shape index (κ2) is 5.73. The number of nitrogens with zero attached hydrogens (tertiary/aromatic N) is 2. The van der Waals surface area contributed by atoms with E-state index in [-0.39, 0.29) is 18.0 Å². The molecule has 0 saturated carbocycles. The lowest BCUT2D eigenvalue weighted by Gasteiger charge is -2.11. The van der Waals surface area contributed by atoms with Crippen molar-refractivity contribution in [3.63, 3.8) is 0 Å². The molecule has 0 unspecified atom stereocenters. The molecule has 4 nitrogen and oxygen atoms in total. The summed E-state index contributed by atoms with van der Waals surface area (Å²) in [6.45, 7) is 2.00. The molecule has 3 rings (SSSR count). The first-order chi connectivity index (χ1) is 10.8. The number of aromatic nitrogens is 3. The number of fused-ring (bicyclic) bond motifs is 1. The first-order valence-electron chi connectivity index (χ1n) is 6.76. The molecule has 3 aromatic rings. The zero-order valence-corrected chi connectivity index (χ0v) is 12.8. The van der Waals surface area contributed by atoms with Crippen LogP contribution in [0.25, 0.3) is 11.0 Å². The minimum Gasteiger partial charge on any atom is -0.365 e. The smallest absolute Gasteiger partial charge is 0.365 e. The molecule has 0 bridgehead atoms. The van der Waals surface area contributed by atoms with E-state index in [4.69, 9.17) is 11.6 Å². The van der Waals surface area contributed by atoms with E-state index in [1.165, 1.54) is 0 Å². The summed E-state index contributed by atoms with van der Waals surface area (Å²) in [6.07, 6.45) is -4.62. The van der Waals surface area contributed by atoms with Crippen molar-refractivity contribution < 1.29 is 13.2 Å². The average Bonchev–Trinajstić information content (AvgIpc) is 2.85. The fourth-order valence-electron chi connectivity index (χ4n) is 2.22. The number of hydrogen-bond donors (Lipinski definition) is 2. The van der Waals surface area contributed by atoms with E-state index in [2.05, 4.69) is 20.3 Å². The predicted octanol–water partition coefficient (Wildman–Crippen LogP) is 4.55. The SMILES string of the molecule is Cc1cc2c(NCc3ccccc3Cl)nc(C(F)(F)F)nc2[nH]1. The van der Waals surface area contributed by atoms with E-state index >= 15 is 0 Å². The van der Waals surface area contributed by atoms with Gasteiger partial charge in [0.25, 0.3) is 0 Å². The summed E-state index contributed by atoms with van der Waals surface area (Å²) in [5.41, 5.74) is 1.61. The molecule has 0 saturated heterocycles. The zero-order valence-electron chi connectivity index (χ0n) is 12.0. The van der Waals surface area contributed by atoms with Crippen LogP contribution < -0.4 is 5.32 Å². The molecule has 0 aliphatic carbocycles. The number of alkyl halides is 3. The molecule has 2 heterocycles. The van der Waals surface area contributed by atoms with Crippen LogP contribution in [0.2, 0.25) is 5.02 Å². The topological polar surface area (TPSA) is 53.6 Å². The van der Waals surface area contributed by atoms with Gasteiger partial charge in [-0.3, -0.25) is 0 Å². The van der Waals surface area contributed by atoms with E-state index < -0.39 is 12.0 Å². The van der Waals surface area contributed by atoms with Gasteiger partial charge in [0.1, 0.15) is 11.5 Å². The van der Waals surface area contributed by atoms with Crippen LogP contribution in [0.4, 0.5) is 19.0 Å². The molecule has 1 aromatic carbocycles. The molecular weight excluding hydrogens is 329 g/mol. The van der Waals surface area contributed by atoms with Crippen molar-refractivity contribution in [3.05, 3.63) is 52.4 Å². The first kappa shape index (κ1) is 15.6. The number of aryl methyl sites for hydroxylation is 1. The highest BCUT2D eigenvalue weighted by atomic mass is 35.5. The van der Waals surface area contributed by atoms with Gasteiger partial charge in [-0.2, -0.15) is 13.2 Å². The second-order valence-corrected chi connectivity index (χ2v) is 5.46. The Kier molecular flexibility index (Phi) is 3.89. The second-order valence-electron chi connectivity index (χ2n) is 5.05. The number of hydrogen-bond acceptors (Lipinski definition) is 3. The lowest BCUT2D eigenvalue weighted by Crippen LogP contribution is -2.13. The van der Waals surface area contributed by atoms with Gasteiger partial charge in [0, 0.05) is 17.3 Å². The molecule has 0 atom stereocenters. The van der Waals surface area contributed by atoms with Crippen LogP contribution in [0.5, 0.6) is 0 Å². The summed E-state index contributed by atoms with van der Waals surface area (Å²) in [5, 5.41) is 3.95. The Hall–Kier alpha value is -2.28. The fraction of sp³-hybridized carbons (Fsp3) is 0.200. The first-order valence-corrected chi connectivity index (χ1v) is 7.14. The van der Waals surface area contributed by atoms with Gasteiger partial charge in [-0.15, -0.1) is 0 Å². The van der Waals surface area contributed by atoms with Crippen molar-refractivity contribution in [2.75, 3.05) is 5.32 Å². The average molecular weight is 341 g/mol. The Morgan fingerprint density at radius 1 is 1.22 bits per heavy atom. The maximum Gasteiger partial charge on any atom is 0.451 e. The van der Waals surface area contributed by atoms with Crippen molar-refractivity contribution in [1.82, 2.24) is 15.0 Å². The fourth-order valence-corrected chi connectivity index (χ4v) is 2.43. The van der Waals surface area contributed by atoms with E-state index in [9.17, 15) is 13.2 Å². The molecule has 0 spiro atoms. The Bertz CT molecular complexity index is 858. The van der Waals surface area contributed by atoms with E-state index in [1.54, 1.807) is 37.3 Å². The minimum absolute atomic E-state index is 0.117. The lowest BCUT2D eigenvalue weighted by molar-refractivity contribution is -0.144. The van der Waals surface area contributed by atoms with Crippen molar-refractivity contribution >= 4 is 28.5 Å². The Balaban J connectivity index is 2.00. The van der Waals surface area contributed by atoms with Gasteiger partial charge in [-0.05, 0) is 24.6 Å². The number of anilines is 1. The van der Waals surface area contributed by atoms with E-state index in [0.29, 0.717) is 16.1 Å². The monoisotopic (exact) mass is 340 g/mol. The molecule has 0 aliphatic heterocycles. The molecule has 23 heavy (non-hydrogen) atoms. The van der Waals surface area contributed by atoms with Crippen LogP contribution in [-0.4, -0.2) is 15.0 Å². The summed E-state index contributed by atoms with van der Waals surface area (Å²) in [6, 6.07) is 8.80. The summed E-state index contributed by atoms with van der Waals surface area (Å²) < 4.78 is 38.8. The van der Waals surface area contributed by atoms with E-state index in [0.717, 1.165) is 5.56 Å². The summed E-state index contributed by atoms with van der Waals surface area (Å²) in [4.78, 5) is 9.97. The van der Waals surface area contributed by atoms with Crippen molar-refractivity contribution in [2.45, 2.75) is 19.6 Å². The summed E-state index contributed by atoms with van der Waals surface area (Å²) in [7, 11) is 0. The van der Waals surface area contributed by atoms with Crippen LogP contribution in [0.15, 0.2) is 30.3 Å². The maximum atomic E-state index is 12.9. The summed E-state index contributed by atoms with van der Waals surface area (Å²) in [5.74, 6) is -1.07. The quantitative estimate of drug-likeness (QED) is 0.735. The number of halogens is 4. The van der Waals surface area contributed by atoms with Gasteiger partial charge in [-0.1, -0.05) is 29.8 Å². The molecule has 0 amide bonds. The highest BCUT2D eigenvalue weighted by molar-refractivity contribution is 6.31. The molecule has 0 fully saturated rings. The molecule has 8 heteroatoms. The number of H-pyrrole nitrogens is 1. The molecule has 0 aliphatic rings. The standard InChI is InChI=1S/C15H12ClF3N4/c1-8-6-10-12(20-7-9-4-2-3-5-11(9)16)22-14(15(17,18)19)23-13(10)21-8/h2-6H,7H2,1H3,(H2,20,21,22,23). The maximum absolute atomic E-state index is 12.9. The van der Waals surface area contributed by atoms with Crippen LogP contribution in [0.1, 0.15) is 17.1 Å². The zero-order chi connectivity index (χ0) is 16.6. The predicted molar refractivity (Wildman–Crippen MR) is 82.4 cm³/mol. The minimum atomic E-state index is -4.62. The Morgan fingerprint density at radius 2 is 1.96 bits per heavy atom. The molecule has 2 aromatic heterocycles. The Morgan fingerprint density at radius 3 is 2.65 bits per heavy atom. The summed E-state index contributed by atoms with van der Waals surface area (Å²) >= 11 is 6.06. The van der Waals surface area contributed by atoms with Gasteiger partial charge >= 0.3 is 6.18 Å². The van der Waals surface area contributed by atoms with Crippen molar-refractivity contribution in [1.29, 1.82) is 0 Å². The number of rotatable bonds is 3. The van der Waals surface area contributed by atoms with Crippen LogP contribution >= 0.6 is 11.6 Å². The molecule has 2 N–H and O–H groups in total. The van der Waals surface area contributed by atoms with E-state index in [1.807, 2.05) is 0 Å². The molecule has 0 radical (unpaired) electrons. The molecule has 120 valence electrons. The number of aromatic amines is 1. The number of benzene rings is 1. The largest absolute Gasteiger partial charge is 0.451 e. The normalized spacial score (nSPS) is 11.9. The highest BCUT2D eigenvalue weighted by Gasteiger charge is 2.35. The number of nitrogens with one attached hydrogen (secondary N) is 2. The van der Waals surface area contributed by atoms with Gasteiger partial charge in [0.15, 0.2) is 0 Å². The van der Waals surface area contributed by atoms with Crippen LogP contribution in [0, 0.1) is 6.92 Å². The third kappa shape index (κ3) is 3.24. The van der Waals surface area contributed by atoms with Gasteiger partial charge < -0.3 is 10.3 Å². The molecular formula is C15H12ClF3N4. The van der Waals surface area contributed by atoms with Gasteiger partial charge in [0.2, 0.25) is 5.82 Å². The van der Waals surface area contributed by atoms with Gasteiger partial charge in [-0.25, -0.2) is 9.97 Å². The van der Waals surface area contributed by atoms with Crippen molar-refractivity contribution in [3.8, 4) is 0 Å². The van der Waals surface area contributed by atoms with Crippen LogP contribution in [0.3, 0.4) is 0 Å². The van der Waals surface area contributed by atoms with Crippen molar-refractivity contribution in [2.24, 2.45) is 0 Å². The highest BCUT2D eigenvalue weighted by Crippen LogP contribution is 2.31. The van der Waals surface area contributed by atoms with Gasteiger partial charge in [0.05, 0.1) is 5.39 Å². The third-order valence-electron chi connectivity index (χ3n) is 3.28. The Labute approximate surface area is 134 Å².